The predicted molar refractivity (Wildman–Crippen MR) is 80.1 cm³/mol. The summed E-state index contributed by atoms with van der Waals surface area (Å²) < 4.78 is 27.4. The normalized spacial score (nSPS) is 20.7. The van der Waals surface area contributed by atoms with Crippen LogP contribution in [0, 0.1) is 0 Å². The number of thiophene rings is 1. The van der Waals surface area contributed by atoms with E-state index in [1.54, 1.807) is 19.2 Å². The van der Waals surface area contributed by atoms with E-state index in [1.807, 2.05) is 0 Å². The third kappa shape index (κ3) is 3.46. The first-order chi connectivity index (χ1) is 8.01. The van der Waals surface area contributed by atoms with Gasteiger partial charge in [0.2, 0.25) is 0 Å². The SMILES string of the molecule is CN(C1CCCNC1)S(=O)(=O)c1ccc(Br)s1.Cl. The van der Waals surface area contributed by atoms with Crippen molar-refractivity contribution < 1.29 is 8.42 Å². The van der Waals surface area contributed by atoms with Crippen LogP contribution in [0.2, 0.25) is 0 Å². The van der Waals surface area contributed by atoms with E-state index in [2.05, 4.69) is 21.2 Å². The first kappa shape index (κ1) is 16.4. The molecular formula is C10H16BrClN2O2S2. The van der Waals surface area contributed by atoms with Crippen molar-refractivity contribution in [2.24, 2.45) is 0 Å². The molecule has 1 aromatic rings. The zero-order valence-electron chi connectivity index (χ0n) is 9.93. The van der Waals surface area contributed by atoms with Crippen LogP contribution in [0.3, 0.4) is 0 Å². The molecule has 8 heteroatoms. The Morgan fingerprint density at radius 3 is 2.72 bits per heavy atom. The van der Waals surface area contributed by atoms with Crippen LogP contribution >= 0.6 is 39.7 Å². The van der Waals surface area contributed by atoms with Gasteiger partial charge >= 0.3 is 0 Å². The van der Waals surface area contributed by atoms with Gasteiger partial charge in [0.1, 0.15) is 4.21 Å². The van der Waals surface area contributed by atoms with Gasteiger partial charge in [-0.05, 0) is 47.4 Å². The average molecular weight is 376 g/mol. The summed E-state index contributed by atoms with van der Waals surface area (Å²) in [6, 6.07) is 3.48. The summed E-state index contributed by atoms with van der Waals surface area (Å²) in [6.07, 6.45) is 1.95. The number of likely N-dealkylation sites (N-methyl/N-ethyl adjacent to an activating group) is 1. The molecule has 1 aliphatic rings. The van der Waals surface area contributed by atoms with Crippen LogP contribution in [0.15, 0.2) is 20.1 Å². The molecule has 104 valence electrons. The highest BCUT2D eigenvalue weighted by atomic mass is 79.9. The van der Waals surface area contributed by atoms with E-state index in [0.29, 0.717) is 4.21 Å². The summed E-state index contributed by atoms with van der Waals surface area (Å²) >= 11 is 4.55. The van der Waals surface area contributed by atoms with Crippen LogP contribution in [-0.4, -0.2) is 38.9 Å². The summed E-state index contributed by atoms with van der Waals surface area (Å²) in [5.41, 5.74) is 0. The molecule has 1 atom stereocenters. The largest absolute Gasteiger partial charge is 0.315 e. The number of rotatable bonds is 3. The molecule has 0 bridgehead atoms. The lowest BCUT2D eigenvalue weighted by Crippen LogP contribution is -2.46. The van der Waals surface area contributed by atoms with Gasteiger partial charge in [-0.2, -0.15) is 4.31 Å². The molecule has 2 heterocycles. The van der Waals surface area contributed by atoms with Crippen molar-refractivity contribution in [1.82, 2.24) is 9.62 Å². The standard InChI is InChI=1S/C10H15BrN2O2S2.ClH/c1-13(8-3-2-6-12-7-8)17(14,15)10-5-4-9(11)16-10;/h4-5,8,12H,2-3,6-7H2,1H3;1H. The number of nitrogens with zero attached hydrogens (tertiary/aromatic N) is 1. The number of sulfonamides is 1. The Morgan fingerprint density at radius 2 is 2.22 bits per heavy atom. The average Bonchev–Trinajstić information content (AvgIpc) is 2.77. The van der Waals surface area contributed by atoms with E-state index >= 15 is 0 Å². The lowest BCUT2D eigenvalue weighted by atomic mass is 10.1. The minimum atomic E-state index is -3.34. The first-order valence-electron chi connectivity index (χ1n) is 5.46. The second-order valence-corrected chi connectivity index (χ2v) is 8.77. The molecule has 0 saturated carbocycles. The molecular weight excluding hydrogens is 360 g/mol. The van der Waals surface area contributed by atoms with Crippen molar-refractivity contribution >= 4 is 49.7 Å². The summed E-state index contributed by atoms with van der Waals surface area (Å²) in [6.45, 7) is 1.72. The molecule has 0 aromatic carbocycles. The Bertz CT molecular complexity index is 486. The van der Waals surface area contributed by atoms with Crippen molar-refractivity contribution in [2.45, 2.75) is 23.1 Å². The lowest BCUT2D eigenvalue weighted by molar-refractivity contribution is 0.300. The number of hydrogen-bond acceptors (Lipinski definition) is 4. The zero-order chi connectivity index (χ0) is 12.5. The minimum absolute atomic E-state index is 0. The van der Waals surface area contributed by atoms with Crippen molar-refractivity contribution in [3.63, 3.8) is 0 Å². The van der Waals surface area contributed by atoms with Crippen LogP contribution in [0.1, 0.15) is 12.8 Å². The Kier molecular flexibility index (Phi) is 6.08. The van der Waals surface area contributed by atoms with E-state index in [0.717, 1.165) is 29.7 Å². The summed E-state index contributed by atoms with van der Waals surface area (Å²) in [7, 11) is -1.67. The van der Waals surface area contributed by atoms with Gasteiger partial charge in [0.05, 0.1) is 3.79 Å². The molecule has 0 spiro atoms. The highest BCUT2D eigenvalue weighted by Gasteiger charge is 2.29. The number of hydrogen-bond donors (Lipinski definition) is 1. The highest BCUT2D eigenvalue weighted by Crippen LogP contribution is 2.29. The number of halogens is 2. The molecule has 0 aliphatic carbocycles. The maximum Gasteiger partial charge on any atom is 0.252 e. The highest BCUT2D eigenvalue weighted by molar-refractivity contribution is 9.11. The van der Waals surface area contributed by atoms with Crippen LogP contribution in [0.5, 0.6) is 0 Å². The summed E-state index contributed by atoms with van der Waals surface area (Å²) in [4.78, 5) is 0. The van der Waals surface area contributed by atoms with E-state index in [4.69, 9.17) is 0 Å². The predicted octanol–water partition coefficient (Wildman–Crippen LogP) is 2.30. The lowest BCUT2D eigenvalue weighted by Gasteiger charge is -2.30. The third-order valence-electron chi connectivity index (χ3n) is 2.97. The molecule has 0 amide bonds. The molecule has 1 aromatic heterocycles. The van der Waals surface area contributed by atoms with Gasteiger partial charge < -0.3 is 5.32 Å². The molecule has 1 aliphatic heterocycles. The molecule has 1 unspecified atom stereocenters. The fraction of sp³-hybridized carbons (Fsp3) is 0.600. The Labute approximate surface area is 126 Å². The summed E-state index contributed by atoms with van der Waals surface area (Å²) in [5, 5.41) is 3.23. The minimum Gasteiger partial charge on any atom is -0.315 e. The van der Waals surface area contributed by atoms with Gasteiger partial charge in [-0.15, -0.1) is 23.7 Å². The number of nitrogens with one attached hydrogen (secondary N) is 1. The quantitative estimate of drug-likeness (QED) is 0.882. The maximum absolute atomic E-state index is 12.3. The molecule has 1 N–H and O–H groups in total. The van der Waals surface area contributed by atoms with Gasteiger partial charge in [0.25, 0.3) is 10.0 Å². The van der Waals surface area contributed by atoms with E-state index in [9.17, 15) is 8.42 Å². The molecule has 2 rings (SSSR count). The van der Waals surface area contributed by atoms with Crippen LogP contribution < -0.4 is 5.32 Å². The third-order valence-corrected chi connectivity index (χ3v) is 6.97. The molecule has 4 nitrogen and oxygen atoms in total. The van der Waals surface area contributed by atoms with Crippen molar-refractivity contribution in [2.75, 3.05) is 20.1 Å². The maximum atomic E-state index is 12.3. The van der Waals surface area contributed by atoms with E-state index in [-0.39, 0.29) is 18.4 Å². The van der Waals surface area contributed by atoms with Crippen molar-refractivity contribution in [3.05, 3.63) is 15.9 Å². The Morgan fingerprint density at radius 1 is 1.50 bits per heavy atom. The van der Waals surface area contributed by atoms with Gasteiger partial charge in [-0.3, -0.25) is 0 Å². The van der Waals surface area contributed by atoms with Gasteiger partial charge in [0, 0.05) is 19.6 Å². The van der Waals surface area contributed by atoms with E-state index < -0.39 is 10.0 Å². The van der Waals surface area contributed by atoms with E-state index in [1.165, 1.54) is 15.6 Å². The second-order valence-electron chi connectivity index (χ2n) is 4.08. The molecule has 1 fully saturated rings. The molecule has 0 radical (unpaired) electrons. The van der Waals surface area contributed by atoms with Crippen LogP contribution in [0.25, 0.3) is 0 Å². The Balaban J connectivity index is 0.00000162. The smallest absolute Gasteiger partial charge is 0.252 e. The van der Waals surface area contributed by atoms with Crippen LogP contribution in [0.4, 0.5) is 0 Å². The van der Waals surface area contributed by atoms with Crippen LogP contribution in [-0.2, 0) is 10.0 Å². The van der Waals surface area contributed by atoms with Gasteiger partial charge in [0.15, 0.2) is 0 Å². The zero-order valence-corrected chi connectivity index (χ0v) is 14.0. The monoisotopic (exact) mass is 374 g/mol. The fourth-order valence-electron chi connectivity index (χ4n) is 1.92. The van der Waals surface area contributed by atoms with Crippen molar-refractivity contribution in [1.29, 1.82) is 0 Å². The number of piperidine rings is 1. The summed E-state index contributed by atoms with van der Waals surface area (Å²) in [5.74, 6) is 0. The van der Waals surface area contributed by atoms with Gasteiger partial charge in [-0.25, -0.2) is 8.42 Å². The van der Waals surface area contributed by atoms with Crippen molar-refractivity contribution in [3.8, 4) is 0 Å². The Hall–Kier alpha value is 0.340. The molecule has 1 saturated heterocycles. The van der Waals surface area contributed by atoms with Gasteiger partial charge in [-0.1, -0.05) is 0 Å². The fourth-order valence-corrected chi connectivity index (χ4v) is 5.50. The topological polar surface area (TPSA) is 49.4 Å². The molecule has 18 heavy (non-hydrogen) atoms. The first-order valence-corrected chi connectivity index (χ1v) is 8.51. The second kappa shape index (κ2) is 6.67.